The van der Waals surface area contributed by atoms with Gasteiger partial charge in [-0.3, -0.25) is 0 Å². The third-order valence-corrected chi connectivity index (χ3v) is 6.02. The molecule has 0 saturated heterocycles. The summed E-state index contributed by atoms with van der Waals surface area (Å²) in [6.07, 6.45) is 0.760. The molecule has 0 spiro atoms. The van der Waals surface area contributed by atoms with Crippen LogP contribution in [0, 0.1) is 6.92 Å². The highest BCUT2D eigenvalue weighted by molar-refractivity contribution is 6.42. The number of pyridine rings is 1. The third-order valence-electron chi connectivity index (χ3n) is 5.29. The summed E-state index contributed by atoms with van der Waals surface area (Å²) < 4.78 is 7.77. The first-order valence-corrected chi connectivity index (χ1v) is 10.8. The smallest absolute Gasteiger partial charge is 0.233 e. The normalized spacial score (nSPS) is 11.3. The minimum Gasteiger partial charge on any atom is -0.476 e. The van der Waals surface area contributed by atoms with Gasteiger partial charge >= 0.3 is 0 Å². The zero-order valence-electron chi connectivity index (χ0n) is 16.8. The van der Waals surface area contributed by atoms with Crippen molar-refractivity contribution in [3.63, 3.8) is 0 Å². The number of nitrogens with zero attached hydrogens (tertiary/aromatic N) is 3. The summed E-state index contributed by atoms with van der Waals surface area (Å²) in [5.41, 5.74) is 5.00. The first-order chi connectivity index (χ1) is 15.1. The predicted octanol–water partition coefficient (Wildman–Crippen LogP) is 6.81. The van der Waals surface area contributed by atoms with Crippen LogP contribution in [0.4, 0.5) is 0 Å². The van der Waals surface area contributed by atoms with Crippen molar-refractivity contribution in [1.29, 1.82) is 0 Å². The van der Waals surface area contributed by atoms with Crippen LogP contribution in [0.3, 0.4) is 0 Å². The standard InChI is InChI=1S/C25H19Cl2N3O/c1-16-13-25(29-30(16)19-9-10-21(26)22(27)15-19)31-12-11-17-6-4-8-24-20(17)14-18-5-2-3-7-23(18)28-24/h2-10,13-15H,11-12H2,1H3. The van der Waals surface area contributed by atoms with Crippen LogP contribution < -0.4 is 4.74 Å². The molecule has 3 aromatic carbocycles. The maximum atomic E-state index is 6.15. The highest BCUT2D eigenvalue weighted by atomic mass is 35.5. The van der Waals surface area contributed by atoms with Crippen LogP contribution in [0.1, 0.15) is 11.3 Å². The highest BCUT2D eigenvalue weighted by Crippen LogP contribution is 2.26. The van der Waals surface area contributed by atoms with Gasteiger partial charge in [0, 0.05) is 29.0 Å². The number of ether oxygens (including phenoxy) is 1. The van der Waals surface area contributed by atoms with Gasteiger partial charge in [-0.15, -0.1) is 5.10 Å². The molecule has 5 rings (SSSR count). The largest absolute Gasteiger partial charge is 0.476 e. The maximum Gasteiger partial charge on any atom is 0.233 e. The van der Waals surface area contributed by atoms with Crippen LogP contribution in [0.2, 0.25) is 10.0 Å². The predicted molar refractivity (Wildman–Crippen MR) is 127 cm³/mol. The second-order valence-electron chi connectivity index (χ2n) is 7.40. The average Bonchev–Trinajstić information content (AvgIpc) is 3.15. The fourth-order valence-electron chi connectivity index (χ4n) is 3.74. The van der Waals surface area contributed by atoms with Gasteiger partial charge in [0.1, 0.15) is 0 Å². The molecule has 2 aromatic heterocycles. The van der Waals surface area contributed by atoms with Gasteiger partial charge in [0.25, 0.3) is 0 Å². The first kappa shape index (κ1) is 19.9. The molecule has 6 heteroatoms. The number of rotatable bonds is 5. The van der Waals surface area contributed by atoms with Crippen molar-refractivity contribution < 1.29 is 4.74 Å². The molecule has 4 nitrogen and oxygen atoms in total. The molecular formula is C25H19Cl2N3O. The summed E-state index contributed by atoms with van der Waals surface area (Å²) in [6.45, 7) is 2.49. The Kier molecular flexibility index (Phi) is 5.26. The van der Waals surface area contributed by atoms with Crippen LogP contribution in [0.25, 0.3) is 27.5 Å². The fourth-order valence-corrected chi connectivity index (χ4v) is 4.03. The Morgan fingerprint density at radius 2 is 1.71 bits per heavy atom. The molecule has 154 valence electrons. The molecule has 5 aromatic rings. The molecule has 0 aliphatic carbocycles. The van der Waals surface area contributed by atoms with E-state index in [0.717, 1.165) is 39.6 Å². The second-order valence-corrected chi connectivity index (χ2v) is 8.21. The SMILES string of the molecule is Cc1cc(OCCc2cccc3nc4ccccc4cc23)nn1-c1ccc(Cl)c(Cl)c1. The lowest BCUT2D eigenvalue weighted by molar-refractivity contribution is 0.308. The van der Waals surface area contributed by atoms with Crippen LogP contribution >= 0.6 is 23.2 Å². The fraction of sp³-hybridized carbons (Fsp3) is 0.120. The van der Waals surface area contributed by atoms with Gasteiger partial charge in [0.05, 0.1) is 33.4 Å². The lowest BCUT2D eigenvalue weighted by Gasteiger charge is -2.08. The summed E-state index contributed by atoms with van der Waals surface area (Å²) >= 11 is 12.2. The topological polar surface area (TPSA) is 39.9 Å². The second kappa shape index (κ2) is 8.22. The molecule has 0 saturated carbocycles. The minimum atomic E-state index is 0.494. The van der Waals surface area contributed by atoms with E-state index in [1.807, 2.05) is 43.3 Å². The van der Waals surface area contributed by atoms with Crippen molar-refractivity contribution in [2.75, 3.05) is 6.61 Å². The van der Waals surface area contributed by atoms with Crippen molar-refractivity contribution in [1.82, 2.24) is 14.8 Å². The van der Waals surface area contributed by atoms with E-state index in [4.69, 9.17) is 32.9 Å². The molecule has 31 heavy (non-hydrogen) atoms. The molecular weight excluding hydrogens is 429 g/mol. The third kappa shape index (κ3) is 3.97. The van der Waals surface area contributed by atoms with Gasteiger partial charge in [-0.05, 0) is 48.9 Å². The number of hydrogen-bond acceptors (Lipinski definition) is 3. The number of fused-ring (bicyclic) bond motifs is 2. The van der Waals surface area contributed by atoms with E-state index < -0.39 is 0 Å². The van der Waals surface area contributed by atoms with Crippen molar-refractivity contribution >= 4 is 45.0 Å². The molecule has 0 N–H and O–H groups in total. The molecule has 0 aliphatic rings. The molecule has 2 heterocycles. The average molecular weight is 448 g/mol. The Labute approximate surface area is 190 Å². The number of hydrogen-bond donors (Lipinski definition) is 0. The van der Waals surface area contributed by atoms with Crippen LogP contribution in [0.5, 0.6) is 5.88 Å². The van der Waals surface area contributed by atoms with Gasteiger partial charge < -0.3 is 4.74 Å². The van der Waals surface area contributed by atoms with Crippen LogP contribution in [-0.2, 0) is 6.42 Å². The molecule has 0 radical (unpaired) electrons. The number of para-hydroxylation sites is 1. The van der Waals surface area contributed by atoms with Crippen molar-refractivity contribution in [2.45, 2.75) is 13.3 Å². The van der Waals surface area contributed by atoms with E-state index in [-0.39, 0.29) is 0 Å². The summed E-state index contributed by atoms with van der Waals surface area (Å²) in [4.78, 5) is 4.79. The van der Waals surface area contributed by atoms with Crippen LogP contribution in [-0.4, -0.2) is 21.4 Å². The molecule has 0 aliphatic heterocycles. The van der Waals surface area contributed by atoms with Gasteiger partial charge in [-0.2, -0.15) is 0 Å². The van der Waals surface area contributed by atoms with E-state index >= 15 is 0 Å². The van der Waals surface area contributed by atoms with Gasteiger partial charge in [-0.25, -0.2) is 9.67 Å². The zero-order valence-corrected chi connectivity index (χ0v) is 18.4. The number of aromatic nitrogens is 3. The van der Waals surface area contributed by atoms with Crippen molar-refractivity contribution in [2.24, 2.45) is 0 Å². The molecule has 0 unspecified atom stereocenters. The summed E-state index contributed by atoms with van der Waals surface area (Å²) in [7, 11) is 0. The Hall–Kier alpha value is -3.08. The first-order valence-electron chi connectivity index (χ1n) is 10.0. The Morgan fingerprint density at radius 1 is 0.871 bits per heavy atom. The zero-order chi connectivity index (χ0) is 21.4. The molecule has 0 amide bonds. The maximum absolute atomic E-state index is 6.15. The summed E-state index contributed by atoms with van der Waals surface area (Å²) in [5, 5.41) is 7.87. The van der Waals surface area contributed by atoms with E-state index in [0.29, 0.717) is 22.5 Å². The Morgan fingerprint density at radius 3 is 2.58 bits per heavy atom. The Bertz CT molecular complexity index is 1410. The van der Waals surface area contributed by atoms with E-state index in [9.17, 15) is 0 Å². The van der Waals surface area contributed by atoms with Gasteiger partial charge in [-0.1, -0.05) is 53.5 Å². The lowest BCUT2D eigenvalue weighted by Crippen LogP contribution is -2.04. The van der Waals surface area contributed by atoms with Crippen molar-refractivity contribution in [3.8, 4) is 11.6 Å². The quantitative estimate of drug-likeness (QED) is 0.277. The lowest BCUT2D eigenvalue weighted by atomic mass is 10.0. The molecule has 0 bridgehead atoms. The van der Waals surface area contributed by atoms with E-state index in [1.54, 1.807) is 16.8 Å². The van der Waals surface area contributed by atoms with Crippen molar-refractivity contribution in [3.05, 3.63) is 94.1 Å². The van der Waals surface area contributed by atoms with E-state index in [1.165, 1.54) is 5.56 Å². The molecule has 0 fully saturated rings. The van der Waals surface area contributed by atoms with Gasteiger partial charge in [0.15, 0.2) is 0 Å². The summed E-state index contributed by atoms with van der Waals surface area (Å²) in [6, 6.07) is 24.0. The number of halogens is 2. The minimum absolute atomic E-state index is 0.494. The highest BCUT2D eigenvalue weighted by Gasteiger charge is 2.10. The monoisotopic (exact) mass is 447 g/mol. The Balaban J connectivity index is 1.35. The van der Waals surface area contributed by atoms with E-state index in [2.05, 4.69) is 29.4 Å². The number of benzene rings is 3. The number of aryl methyl sites for hydroxylation is 1. The summed E-state index contributed by atoms with van der Waals surface area (Å²) in [5.74, 6) is 0.576. The molecule has 0 atom stereocenters. The van der Waals surface area contributed by atoms with Gasteiger partial charge in [0.2, 0.25) is 5.88 Å². The van der Waals surface area contributed by atoms with Crippen LogP contribution in [0.15, 0.2) is 72.8 Å².